The molecule has 2 aromatic carbocycles. The van der Waals surface area contributed by atoms with E-state index in [9.17, 15) is 4.79 Å². The maximum absolute atomic E-state index is 11.6. The van der Waals surface area contributed by atoms with E-state index in [0.717, 1.165) is 27.7 Å². The summed E-state index contributed by atoms with van der Waals surface area (Å²) in [6.07, 6.45) is 1.88. The SMILES string of the molecule is O=C(CCO)Nc1c[nH]c2cc(-c3ccccc3)ccc12. The Morgan fingerprint density at radius 2 is 1.90 bits per heavy atom. The van der Waals surface area contributed by atoms with Crippen molar-refractivity contribution in [1.29, 1.82) is 0 Å². The molecular weight excluding hydrogens is 264 g/mol. The number of aliphatic hydroxyl groups excluding tert-OH is 1. The Balaban J connectivity index is 1.93. The van der Waals surface area contributed by atoms with E-state index in [4.69, 9.17) is 5.11 Å². The minimum absolute atomic E-state index is 0.106. The molecule has 0 aliphatic heterocycles. The molecule has 0 atom stereocenters. The van der Waals surface area contributed by atoms with Crippen LogP contribution in [0.5, 0.6) is 0 Å². The van der Waals surface area contributed by atoms with Gasteiger partial charge in [-0.25, -0.2) is 0 Å². The van der Waals surface area contributed by atoms with Gasteiger partial charge in [0.25, 0.3) is 0 Å². The van der Waals surface area contributed by atoms with Crippen LogP contribution in [0.25, 0.3) is 22.0 Å². The van der Waals surface area contributed by atoms with Gasteiger partial charge in [0.15, 0.2) is 0 Å². The molecule has 0 saturated carbocycles. The van der Waals surface area contributed by atoms with E-state index in [2.05, 4.69) is 28.5 Å². The molecule has 0 aliphatic rings. The van der Waals surface area contributed by atoms with Crippen LogP contribution in [0.3, 0.4) is 0 Å². The zero-order valence-electron chi connectivity index (χ0n) is 11.5. The minimum atomic E-state index is -0.189. The summed E-state index contributed by atoms with van der Waals surface area (Å²) in [6, 6.07) is 16.2. The molecule has 4 heteroatoms. The fourth-order valence-corrected chi connectivity index (χ4v) is 2.35. The van der Waals surface area contributed by atoms with E-state index in [-0.39, 0.29) is 18.9 Å². The summed E-state index contributed by atoms with van der Waals surface area (Å²) >= 11 is 0. The number of carbonyl (C=O) groups is 1. The van der Waals surface area contributed by atoms with E-state index in [0.29, 0.717) is 0 Å². The highest BCUT2D eigenvalue weighted by Gasteiger charge is 2.08. The minimum Gasteiger partial charge on any atom is -0.396 e. The Kier molecular flexibility index (Phi) is 3.71. The lowest BCUT2D eigenvalue weighted by molar-refractivity contribution is -0.116. The molecule has 21 heavy (non-hydrogen) atoms. The first-order valence-corrected chi connectivity index (χ1v) is 6.85. The average Bonchev–Trinajstić information content (AvgIpc) is 2.91. The summed E-state index contributed by atoms with van der Waals surface area (Å²) in [5.41, 5.74) is 3.98. The molecule has 0 bridgehead atoms. The van der Waals surface area contributed by atoms with Crippen LogP contribution in [-0.4, -0.2) is 22.6 Å². The first-order chi connectivity index (χ1) is 10.3. The number of fused-ring (bicyclic) bond motifs is 1. The molecule has 0 saturated heterocycles. The largest absolute Gasteiger partial charge is 0.396 e. The third kappa shape index (κ3) is 2.80. The molecule has 0 spiro atoms. The molecule has 0 fully saturated rings. The van der Waals surface area contributed by atoms with E-state index in [1.54, 1.807) is 6.20 Å². The molecule has 3 N–H and O–H groups in total. The van der Waals surface area contributed by atoms with Crippen molar-refractivity contribution in [2.45, 2.75) is 6.42 Å². The molecule has 4 nitrogen and oxygen atoms in total. The number of hydrogen-bond donors (Lipinski definition) is 3. The van der Waals surface area contributed by atoms with Crippen LogP contribution < -0.4 is 5.32 Å². The van der Waals surface area contributed by atoms with Gasteiger partial charge in [0.1, 0.15) is 0 Å². The van der Waals surface area contributed by atoms with Crippen LogP contribution in [0.15, 0.2) is 54.7 Å². The molecule has 0 aliphatic carbocycles. The van der Waals surface area contributed by atoms with Crippen molar-refractivity contribution in [3.63, 3.8) is 0 Å². The second-order valence-corrected chi connectivity index (χ2v) is 4.85. The maximum Gasteiger partial charge on any atom is 0.226 e. The lowest BCUT2D eigenvalue weighted by Crippen LogP contribution is -2.12. The highest BCUT2D eigenvalue weighted by Crippen LogP contribution is 2.28. The van der Waals surface area contributed by atoms with Gasteiger partial charge in [0.05, 0.1) is 18.7 Å². The number of rotatable bonds is 4. The van der Waals surface area contributed by atoms with Crippen molar-refractivity contribution in [2.75, 3.05) is 11.9 Å². The van der Waals surface area contributed by atoms with Gasteiger partial charge in [-0.15, -0.1) is 0 Å². The van der Waals surface area contributed by atoms with E-state index >= 15 is 0 Å². The van der Waals surface area contributed by atoms with Gasteiger partial charge >= 0.3 is 0 Å². The fourth-order valence-electron chi connectivity index (χ4n) is 2.35. The number of amides is 1. The third-order valence-corrected chi connectivity index (χ3v) is 3.40. The standard InChI is InChI=1S/C17H16N2O2/c20-9-8-17(21)19-16-11-18-15-10-13(6-7-14(15)16)12-4-2-1-3-5-12/h1-7,10-11,18,20H,8-9H2,(H,19,21). The first kappa shape index (κ1) is 13.4. The summed E-state index contributed by atoms with van der Waals surface area (Å²) < 4.78 is 0. The Bertz CT molecular complexity index is 763. The predicted molar refractivity (Wildman–Crippen MR) is 84.1 cm³/mol. The van der Waals surface area contributed by atoms with Crippen molar-refractivity contribution in [3.8, 4) is 11.1 Å². The third-order valence-electron chi connectivity index (χ3n) is 3.40. The zero-order valence-corrected chi connectivity index (χ0v) is 11.5. The second kappa shape index (κ2) is 5.81. The van der Waals surface area contributed by atoms with Gasteiger partial charge in [0.2, 0.25) is 5.91 Å². The van der Waals surface area contributed by atoms with Gasteiger partial charge in [-0.05, 0) is 17.2 Å². The number of carbonyl (C=O) groups excluding carboxylic acids is 1. The number of aromatic amines is 1. The van der Waals surface area contributed by atoms with Gasteiger partial charge in [0, 0.05) is 17.1 Å². The summed E-state index contributed by atoms with van der Waals surface area (Å²) in [4.78, 5) is 14.7. The fraction of sp³-hybridized carbons (Fsp3) is 0.118. The van der Waals surface area contributed by atoms with Crippen LogP contribution in [0.1, 0.15) is 6.42 Å². The highest BCUT2D eigenvalue weighted by molar-refractivity contribution is 6.02. The van der Waals surface area contributed by atoms with Gasteiger partial charge in [-0.1, -0.05) is 42.5 Å². The first-order valence-electron chi connectivity index (χ1n) is 6.85. The number of aliphatic hydroxyl groups is 1. The van der Waals surface area contributed by atoms with Crippen molar-refractivity contribution < 1.29 is 9.90 Å². The number of anilines is 1. The van der Waals surface area contributed by atoms with E-state index in [1.807, 2.05) is 30.3 Å². The van der Waals surface area contributed by atoms with Crippen LogP contribution in [0.4, 0.5) is 5.69 Å². The van der Waals surface area contributed by atoms with Crippen molar-refractivity contribution in [1.82, 2.24) is 4.98 Å². The van der Waals surface area contributed by atoms with Crippen molar-refractivity contribution in [3.05, 3.63) is 54.7 Å². The Hall–Kier alpha value is -2.59. The van der Waals surface area contributed by atoms with Crippen LogP contribution in [0.2, 0.25) is 0 Å². The number of aromatic nitrogens is 1. The second-order valence-electron chi connectivity index (χ2n) is 4.85. The van der Waals surface area contributed by atoms with Gasteiger partial charge in [-0.3, -0.25) is 4.79 Å². The van der Waals surface area contributed by atoms with Crippen molar-refractivity contribution in [2.24, 2.45) is 0 Å². The van der Waals surface area contributed by atoms with E-state index in [1.165, 1.54) is 0 Å². The molecule has 3 aromatic rings. The Morgan fingerprint density at radius 3 is 2.67 bits per heavy atom. The summed E-state index contributed by atoms with van der Waals surface area (Å²) in [5, 5.41) is 12.5. The molecule has 0 radical (unpaired) electrons. The Morgan fingerprint density at radius 1 is 1.10 bits per heavy atom. The summed E-state index contributed by atoms with van der Waals surface area (Å²) in [5.74, 6) is -0.189. The zero-order chi connectivity index (χ0) is 14.7. The molecular formula is C17H16N2O2. The summed E-state index contributed by atoms with van der Waals surface area (Å²) in [6.45, 7) is -0.146. The maximum atomic E-state index is 11.6. The molecule has 1 amide bonds. The monoisotopic (exact) mass is 280 g/mol. The summed E-state index contributed by atoms with van der Waals surface area (Å²) in [7, 11) is 0. The van der Waals surface area contributed by atoms with E-state index < -0.39 is 0 Å². The number of benzene rings is 2. The number of nitrogens with one attached hydrogen (secondary N) is 2. The molecule has 1 heterocycles. The number of hydrogen-bond acceptors (Lipinski definition) is 2. The van der Waals surface area contributed by atoms with Crippen LogP contribution >= 0.6 is 0 Å². The van der Waals surface area contributed by atoms with Crippen molar-refractivity contribution >= 4 is 22.5 Å². The normalized spacial score (nSPS) is 10.7. The average molecular weight is 280 g/mol. The molecule has 0 unspecified atom stereocenters. The van der Waals surface area contributed by atoms with Crippen LogP contribution in [-0.2, 0) is 4.79 Å². The highest BCUT2D eigenvalue weighted by atomic mass is 16.3. The Labute approximate surface area is 122 Å². The molecule has 106 valence electrons. The molecule has 1 aromatic heterocycles. The lowest BCUT2D eigenvalue weighted by atomic mass is 10.0. The smallest absolute Gasteiger partial charge is 0.226 e. The topological polar surface area (TPSA) is 65.1 Å². The quantitative estimate of drug-likeness (QED) is 0.687. The van der Waals surface area contributed by atoms with Gasteiger partial charge in [-0.2, -0.15) is 0 Å². The number of H-pyrrole nitrogens is 1. The van der Waals surface area contributed by atoms with Gasteiger partial charge < -0.3 is 15.4 Å². The van der Waals surface area contributed by atoms with Crippen LogP contribution in [0, 0.1) is 0 Å². The lowest BCUT2D eigenvalue weighted by Gasteiger charge is -2.04. The molecule has 3 rings (SSSR count). The predicted octanol–water partition coefficient (Wildman–Crippen LogP) is 3.16.